The average Bonchev–Trinajstić information content (AvgIpc) is 2.45. The fraction of sp³-hybridized carbons (Fsp3) is 0.529. The topological polar surface area (TPSA) is 65.5 Å². The summed E-state index contributed by atoms with van der Waals surface area (Å²) in [7, 11) is 1.64. The lowest BCUT2D eigenvalue weighted by molar-refractivity contribution is 0.0963. The molecule has 0 radical (unpaired) electrons. The first-order chi connectivity index (χ1) is 10.4. The van der Waals surface area contributed by atoms with Crippen molar-refractivity contribution in [3.63, 3.8) is 0 Å². The highest BCUT2D eigenvalue weighted by molar-refractivity contribution is 14.0. The minimum Gasteiger partial charge on any atom is -0.357 e. The van der Waals surface area contributed by atoms with Gasteiger partial charge in [-0.3, -0.25) is 9.79 Å². The van der Waals surface area contributed by atoms with Crippen molar-refractivity contribution in [1.29, 1.82) is 0 Å². The van der Waals surface area contributed by atoms with Crippen molar-refractivity contribution in [1.82, 2.24) is 16.0 Å². The maximum absolute atomic E-state index is 11.6. The molecule has 6 heteroatoms. The van der Waals surface area contributed by atoms with E-state index in [-0.39, 0.29) is 35.4 Å². The molecule has 0 saturated heterocycles. The van der Waals surface area contributed by atoms with Crippen LogP contribution in [-0.2, 0) is 6.42 Å². The Morgan fingerprint density at radius 3 is 2.52 bits per heavy atom. The fourth-order valence-electron chi connectivity index (χ4n) is 1.97. The van der Waals surface area contributed by atoms with E-state index in [1.807, 2.05) is 31.2 Å². The Hall–Kier alpha value is -1.31. The predicted molar refractivity (Wildman–Crippen MR) is 108 cm³/mol. The molecule has 0 unspecified atom stereocenters. The summed E-state index contributed by atoms with van der Waals surface area (Å²) in [6.45, 7) is 9.86. The minimum absolute atomic E-state index is 0. The molecule has 1 amide bonds. The summed E-state index contributed by atoms with van der Waals surface area (Å²) in [5.41, 5.74) is 1.76. The van der Waals surface area contributed by atoms with Gasteiger partial charge in [0.05, 0.1) is 0 Å². The lowest BCUT2D eigenvalue weighted by Gasteiger charge is -2.23. The molecule has 0 spiro atoms. The number of carbonyl (C=O) groups excluding carboxylic acids is 1. The van der Waals surface area contributed by atoms with Crippen molar-refractivity contribution in [3.8, 4) is 0 Å². The van der Waals surface area contributed by atoms with E-state index in [1.54, 1.807) is 7.05 Å². The normalized spacial score (nSPS) is 11.4. The van der Waals surface area contributed by atoms with Crippen LogP contribution in [0.2, 0.25) is 0 Å². The summed E-state index contributed by atoms with van der Waals surface area (Å²) in [6.07, 6.45) is 0.797. The van der Waals surface area contributed by atoms with Crippen LogP contribution in [-0.4, -0.2) is 37.5 Å². The summed E-state index contributed by atoms with van der Waals surface area (Å²) in [5, 5.41) is 9.23. The molecular formula is C17H29IN4O. The number of hydrogen-bond donors (Lipinski definition) is 3. The Labute approximate surface area is 156 Å². The van der Waals surface area contributed by atoms with Crippen LogP contribution >= 0.6 is 24.0 Å². The zero-order valence-corrected chi connectivity index (χ0v) is 17.0. The summed E-state index contributed by atoms with van der Waals surface area (Å²) < 4.78 is 0. The largest absolute Gasteiger partial charge is 0.357 e. The highest BCUT2D eigenvalue weighted by atomic mass is 127. The first-order valence-corrected chi connectivity index (χ1v) is 7.73. The minimum atomic E-state index is -0.0620. The van der Waals surface area contributed by atoms with E-state index in [9.17, 15) is 4.79 Å². The number of benzene rings is 1. The highest BCUT2D eigenvalue weighted by Gasteiger charge is 2.11. The van der Waals surface area contributed by atoms with E-state index >= 15 is 0 Å². The standard InChI is InChI=1S/C17H28N4O.HI/c1-6-19-16(21-17(2,3)4)20-11-10-13-8-7-9-14(12-13)15(22)18-5;/h7-9,12H,6,10-11H2,1-5H3,(H,18,22)(H2,19,20,21);1H. The summed E-state index contributed by atoms with van der Waals surface area (Å²) in [5.74, 6) is 0.755. The van der Waals surface area contributed by atoms with Crippen LogP contribution < -0.4 is 16.0 Å². The quantitative estimate of drug-likeness (QED) is 0.381. The molecule has 0 aliphatic rings. The second-order valence-corrected chi connectivity index (χ2v) is 6.17. The number of nitrogens with zero attached hydrogens (tertiary/aromatic N) is 1. The van der Waals surface area contributed by atoms with Crippen molar-refractivity contribution in [2.24, 2.45) is 4.99 Å². The molecule has 3 N–H and O–H groups in total. The molecule has 0 aliphatic carbocycles. The molecule has 0 fully saturated rings. The van der Waals surface area contributed by atoms with Gasteiger partial charge in [0.1, 0.15) is 0 Å². The molecule has 1 rings (SSSR count). The molecule has 0 aromatic heterocycles. The summed E-state index contributed by atoms with van der Waals surface area (Å²) >= 11 is 0. The van der Waals surface area contributed by atoms with E-state index in [0.29, 0.717) is 12.1 Å². The zero-order valence-electron chi connectivity index (χ0n) is 14.7. The van der Waals surface area contributed by atoms with Crippen molar-refractivity contribution in [3.05, 3.63) is 35.4 Å². The van der Waals surface area contributed by atoms with E-state index in [4.69, 9.17) is 0 Å². The molecule has 0 saturated carbocycles. The van der Waals surface area contributed by atoms with Gasteiger partial charge < -0.3 is 16.0 Å². The Kier molecular flexibility index (Phi) is 9.87. The van der Waals surface area contributed by atoms with Crippen LogP contribution in [0.3, 0.4) is 0 Å². The number of halogens is 1. The molecule has 1 aromatic rings. The van der Waals surface area contributed by atoms with Crippen LogP contribution in [0.15, 0.2) is 29.3 Å². The smallest absolute Gasteiger partial charge is 0.251 e. The number of amides is 1. The molecule has 130 valence electrons. The van der Waals surface area contributed by atoms with Gasteiger partial charge in [-0.05, 0) is 51.8 Å². The molecule has 0 heterocycles. The molecule has 1 aromatic carbocycles. The third kappa shape index (κ3) is 8.78. The first kappa shape index (κ1) is 21.7. The Balaban J connectivity index is 0.00000484. The van der Waals surface area contributed by atoms with Crippen molar-refractivity contribution in [2.45, 2.75) is 39.7 Å². The van der Waals surface area contributed by atoms with Gasteiger partial charge >= 0.3 is 0 Å². The Morgan fingerprint density at radius 1 is 1.26 bits per heavy atom. The van der Waals surface area contributed by atoms with E-state index < -0.39 is 0 Å². The number of carbonyl (C=O) groups is 1. The third-order valence-corrected chi connectivity index (χ3v) is 2.92. The molecular weight excluding hydrogens is 403 g/mol. The molecule has 0 bridgehead atoms. The monoisotopic (exact) mass is 432 g/mol. The van der Waals surface area contributed by atoms with E-state index in [1.165, 1.54) is 0 Å². The maximum Gasteiger partial charge on any atom is 0.251 e. The Morgan fingerprint density at radius 2 is 1.96 bits per heavy atom. The molecule has 0 atom stereocenters. The summed E-state index contributed by atoms with van der Waals surface area (Å²) in [4.78, 5) is 16.2. The van der Waals surface area contributed by atoms with Crippen LogP contribution in [0.5, 0.6) is 0 Å². The number of hydrogen-bond acceptors (Lipinski definition) is 2. The second-order valence-electron chi connectivity index (χ2n) is 6.17. The zero-order chi connectivity index (χ0) is 16.6. The van der Waals surface area contributed by atoms with Gasteiger partial charge in [-0.1, -0.05) is 12.1 Å². The second kappa shape index (κ2) is 10.5. The van der Waals surface area contributed by atoms with E-state index in [0.717, 1.165) is 24.5 Å². The van der Waals surface area contributed by atoms with Gasteiger partial charge in [0.2, 0.25) is 0 Å². The van der Waals surface area contributed by atoms with Gasteiger partial charge in [-0.2, -0.15) is 0 Å². The molecule has 23 heavy (non-hydrogen) atoms. The van der Waals surface area contributed by atoms with Gasteiger partial charge in [0.15, 0.2) is 5.96 Å². The van der Waals surface area contributed by atoms with Crippen LogP contribution in [0.25, 0.3) is 0 Å². The molecule has 0 aliphatic heterocycles. The Bertz CT molecular complexity index is 524. The SMILES string of the molecule is CCNC(=NCCc1cccc(C(=O)NC)c1)NC(C)(C)C.I. The van der Waals surface area contributed by atoms with Gasteiger partial charge in [0, 0.05) is 31.2 Å². The number of guanidine groups is 1. The molecule has 5 nitrogen and oxygen atoms in total. The fourth-order valence-corrected chi connectivity index (χ4v) is 1.97. The third-order valence-electron chi connectivity index (χ3n) is 2.92. The number of aliphatic imine (C=N–C) groups is 1. The van der Waals surface area contributed by atoms with Crippen molar-refractivity contribution < 1.29 is 4.79 Å². The first-order valence-electron chi connectivity index (χ1n) is 7.73. The predicted octanol–water partition coefficient (Wildman–Crippen LogP) is 2.56. The van der Waals surface area contributed by atoms with Crippen LogP contribution in [0, 0.1) is 0 Å². The number of nitrogens with one attached hydrogen (secondary N) is 3. The van der Waals surface area contributed by atoms with Crippen LogP contribution in [0.4, 0.5) is 0 Å². The lowest BCUT2D eigenvalue weighted by atomic mass is 10.1. The lowest BCUT2D eigenvalue weighted by Crippen LogP contribution is -2.47. The average molecular weight is 432 g/mol. The van der Waals surface area contributed by atoms with Gasteiger partial charge in [0.25, 0.3) is 5.91 Å². The van der Waals surface area contributed by atoms with Gasteiger partial charge in [-0.25, -0.2) is 0 Å². The maximum atomic E-state index is 11.6. The summed E-state index contributed by atoms with van der Waals surface area (Å²) in [6, 6.07) is 7.66. The van der Waals surface area contributed by atoms with E-state index in [2.05, 4.69) is 41.7 Å². The van der Waals surface area contributed by atoms with Crippen molar-refractivity contribution in [2.75, 3.05) is 20.1 Å². The van der Waals surface area contributed by atoms with Crippen molar-refractivity contribution >= 4 is 35.8 Å². The van der Waals surface area contributed by atoms with Crippen LogP contribution in [0.1, 0.15) is 43.6 Å². The number of rotatable bonds is 5. The highest BCUT2D eigenvalue weighted by Crippen LogP contribution is 2.06. The van der Waals surface area contributed by atoms with Gasteiger partial charge in [-0.15, -0.1) is 24.0 Å².